The molecule has 3 aromatic rings. The van der Waals surface area contributed by atoms with Crippen LogP contribution in [0.15, 0.2) is 60.9 Å². The van der Waals surface area contributed by atoms with Crippen LogP contribution >= 0.6 is 0 Å². The number of nitrogens with zero attached hydrogens (tertiary/aromatic N) is 3. The van der Waals surface area contributed by atoms with Gasteiger partial charge in [-0.25, -0.2) is 0 Å². The van der Waals surface area contributed by atoms with E-state index in [-0.39, 0.29) is 28.9 Å². The molecule has 0 N–H and O–H groups in total. The molecule has 0 atom stereocenters. The molecule has 31 heavy (non-hydrogen) atoms. The van der Waals surface area contributed by atoms with E-state index in [2.05, 4.69) is 4.98 Å². The quantitative estimate of drug-likeness (QED) is 0.325. The lowest BCUT2D eigenvalue weighted by Crippen LogP contribution is -2.27. The summed E-state index contributed by atoms with van der Waals surface area (Å²) < 4.78 is 80.2. The van der Waals surface area contributed by atoms with Gasteiger partial charge in [0.25, 0.3) is 0 Å². The maximum absolute atomic E-state index is 13.2. The Balaban J connectivity index is 2.10. The summed E-state index contributed by atoms with van der Waals surface area (Å²) in [6.07, 6.45) is -4.88. The molecule has 0 saturated heterocycles. The highest BCUT2D eigenvalue weighted by Gasteiger charge is 2.31. The molecule has 2 aromatic carbocycles. The zero-order valence-electron chi connectivity index (χ0n) is 15.7. The van der Waals surface area contributed by atoms with Gasteiger partial charge in [0.2, 0.25) is 7.28 Å². The van der Waals surface area contributed by atoms with Crippen LogP contribution in [-0.4, -0.2) is 16.8 Å². The van der Waals surface area contributed by atoms with Crippen molar-refractivity contribution < 1.29 is 26.3 Å². The van der Waals surface area contributed by atoms with Crippen LogP contribution < -0.4 is 5.72 Å². The first-order valence-corrected chi connectivity index (χ1v) is 8.87. The lowest BCUT2D eigenvalue weighted by atomic mass is 9.65. The van der Waals surface area contributed by atoms with Crippen LogP contribution in [-0.2, 0) is 18.9 Å². The van der Waals surface area contributed by atoms with Crippen molar-refractivity contribution in [2.24, 2.45) is 0 Å². The van der Waals surface area contributed by atoms with Gasteiger partial charge in [0, 0.05) is 12.4 Å². The smallest absolute Gasteiger partial charge is 0.329 e. The molecule has 1 aromatic heterocycles. The second-order valence-electron chi connectivity index (χ2n) is 6.52. The van der Waals surface area contributed by atoms with Crippen LogP contribution in [0.25, 0.3) is 11.5 Å². The van der Waals surface area contributed by atoms with Crippen molar-refractivity contribution in [1.29, 1.82) is 5.26 Å². The number of rotatable bonds is 5. The second kappa shape index (κ2) is 8.72. The fraction of sp³-hybridized carbons (Fsp3) is 0.143. The molecule has 0 amide bonds. The van der Waals surface area contributed by atoms with Crippen molar-refractivity contribution in [3.05, 3.63) is 83.2 Å². The number of imidazole rings is 1. The molecule has 0 aliphatic heterocycles. The zero-order chi connectivity index (χ0) is 22.6. The standard InChI is InChI=1S/C21H13BF6N3/c23-20(24,25)16-5-1-3-14(11-16)12-18(22-19-30-8-10-31(19)9-7-29)15-4-2-6-17(13-15)21(26,27)28/h1-6,8,10-13H,9H2. The number of alkyl halides is 6. The highest BCUT2D eigenvalue weighted by Crippen LogP contribution is 2.32. The van der Waals surface area contributed by atoms with E-state index in [0.717, 1.165) is 24.3 Å². The van der Waals surface area contributed by atoms with Gasteiger partial charge in [-0.15, -0.1) is 0 Å². The number of hydrogen-bond donors (Lipinski definition) is 0. The van der Waals surface area contributed by atoms with Crippen molar-refractivity contribution >= 4 is 24.6 Å². The Bertz CT molecular complexity index is 1140. The zero-order valence-corrected chi connectivity index (χ0v) is 15.7. The summed E-state index contributed by atoms with van der Waals surface area (Å²) in [7, 11) is 1.42. The van der Waals surface area contributed by atoms with Crippen LogP contribution in [0.5, 0.6) is 0 Å². The van der Waals surface area contributed by atoms with Gasteiger partial charge in [0.15, 0.2) is 0 Å². The van der Waals surface area contributed by atoms with Crippen molar-refractivity contribution in [1.82, 2.24) is 9.55 Å². The van der Waals surface area contributed by atoms with Gasteiger partial charge in [-0.1, -0.05) is 35.8 Å². The Labute approximate surface area is 174 Å². The van der Waals surface area contributed by atoms with Crippen LogP contribution in [0.2, 0.25) is 0 Å². The van der Waals surface area contributed by atoms with Gasteiger partial charge in [-0.3, -0.25) is 4.98 Å². The maximum Gasteiger partial charge on any atom is 0.416 e. The third kappa shape index (κ3) is 5.57. The molecule has 1 heterocycles. The van der Waals surface area contributed by atoms with E-state index in [4.69, 9.17) is 5.26 Å². The first-order chi connectivity index (χ1) is 14.6. The molecule has 1 radical (unpaired) electrons. The van der Waals surface area contributed by atoms with Gasteiger partial charge >= 0.3 is 12.4 Å². The van der Waals surface area contributed by atoms with Crippen molar-refractivity contribution in [2.75, 3.05) is 0 Å². The summed E-state index contributed by atoms with van der Waals surface area (Å²) in [5.41, 5.74) is -1.01. The summed E-state index contributed by atoms with van der Waals surface area (Å²) in [6, 6.07) is 10.8. The Morgan fingerprint density at radius 2 is 1.65 bits per heavy atom. The maximum atomic E-state index is 13.2. The van der Waals surface area contributed by atoms with Crippen LogP contribution in [0.1, 0.15) is 22.3 Å². The number of benzene rings is 2. The molecule has 0 fully saturated rings. The minimum absolute atomic E-state index is 0.0503. The molecule has 3 nitrogen and oxygen atoms in total. The van der Waals surface area contributed by atoms with E-state index in [1.807, 2.05) is 6.07 Å². The van der Waals surface area contributed by atoms with Gasteiger partial charge in [0.1, 0.15) is 6.54 Å². The van der Waals surface area contributed by atoms with E-state index < -0.39 is 23.5 Å². The topological polar surface area (TPSA) is 41.6 Å². The SMILES string of the molecule is N#CCn1ccnc1[B]C(=Cc1cccc(C(F)(F)F)c1)c1cccc(C(F)(F)F)c1. The van der Waals surface area contributed by atoms with Crippen LogP contribution in [0, 0.1) is 11.3 Å². The minimum Gasteiger partial charge on any atom is -0.329 e. The van der Waals surface area contributed by atoms with Crippen molar-refractivity contribution in [3.63, 3.8) is 0 Å². The summed E-state index contributed by atoms with van der Waals surface area (Å²) in [6.45, 7) is -0.0503. The van der Waals surface area contributed by atoms with Gasteiger partial charge in [-0.05, 0) is 35.4 Å². The Morgan fingerprint density at radius 3 is 2.29 bits per heavy atom. The molecule has 0 aliphatic carbocycles. The normalized spacial score (nSPS) is 12.5. The summed E-state index contributed by atoms with van der Waals surface area (Å²) in [5, 5.41) is 8.92. The fourth-order valence-electron chi connectivity index (χ4n) is 2.88. The number of aromatic nitrogens is 2. The number of nitriles is 1. The predicted octanol–water partition coefficient (Wildman–Crippen LogP) is 4.97. The molecule has 3 rings (SSSR count). The highest BCUT2D eigenvalue weighted by molar-refractivity contribution is 6.73. The average Bonchev–Trinajstić information content (AvgIpc) is 3.14. The van der Waals surface area contributed by atoms with E-state index in [9.17, 15) is 26.3 Å². The van der Waals surface area contributed by atoms with E-state index in [1.165, 1.54) is 54.6 Å². The summed E-state index contributed by atoms with van der Waals surface area (Å²) in [5.74, 6) is 0. The monoisotopic (exact) mass is 432 g/mol. The van der Waals surface area contributed by atoms with Gasteiger partial charge < -0.3 is 4.57 Å². The van der Waals surface area contributed by atoms with Crippen molar-refractivity contribution in [2.45, 2.75) is 18.9 Å². The summed E-state index contributed by atoms with van der Waals surface area (Å²) in [4.78, 5) is 4.08. The third-order valence-corrected chi connectivity index (χ3v) is 4.33. The highest BCUT2D eigenvalue weighted by atomic mass is 19.4. The molecule has 0 spiro atoms. The Kier molecular flexibility index (Phi) is 6.25. The molecule has 0 aliphatic rings. The molecule has 10 heteroatoms. The fourth-order valence-corrected chi connectivity index (χ4v) is 2.88. The molecule has 0 unspecified atom stereocenters. The lowest BCUT2D eigenvalue weighted by molar-refractivity contribution is -0.138. The molecular weight excluding hydrogens is 419 g/mol. The Hall–Kier alpha value is -3.48. The van der Waals surface area contributed by atoms with E-state index >= 15 is 0 Å². The third-order valence-electron chi connectivity index (χ3n) is 4.33. The van der Waals surface area contributed by atoms with E-state index in [1.54, 1.807) is 0 Å². The number of halogens is 6. The average molecular weight is 432 g/mol. The first kappa shape index (κ1) is 22.2. The molecule has 0 bridgehead atoms. The first-order valence-electron chi connectivity index (χ1n) is 8.87. The van der Waals surface area contributed by atoms with Crippen LogP contribution in [0.3, 0.4) is 0 Å². The van der Waals surface area contributed by atoms with E-state index in [0.29, 0.717) is 0 Å². The van der Waals surface area contributed by atoms with Crippen molar-refractivity contribution in [3.8, 4) is 6.07 Å². The Morgan fingerprint density at radius 1 is 1.00 bits per heavy atom. The molecule has 0 saturated carbocycles. The van der Waals surface area contributed by atoms with Gasteiger partial charge in [0.05, 0.1) is 22.9 Å². The minimum atomic E-state index is -4.59. The lowest BCUT2D eigenvalue weighted by Gasteiger charge is -2.13. The molecule has 157 valence electrons. The second-order valence-corrected chi connectivity index (χ2v) is 6.52. The molecular formula is C21H13BF6N3. The largest absolute Gasteiger partial charge is 0.416 e. The summed E-state index contributed by atoms with van der Waals surface area (Å²) >= 11 is 0. The predicted molar refractivity (Wildman–Crippen MR) is 104 cm³/mol. The van der Waals surface area contributed by atoms with Crippen LogP contribution in [0.4, 0.5) is 26.3 Å². The number of hydrogen-bond acceptors (Lipinski definition) is 2. The van der Waals surface area contributed by atoms with Gasteiger partial charge in [-0.2, -0.15) is 31.6 Å².